The van der Waals surface area contributed by atoms with Gasteiger partial charge in [0.15, 0.2) is 5.16 Å². The van der Waals surface area contributed by atoms with Crippen molar-refractivity contribution in [1.29, 1.82) is 0 Å². The van der Waals surface area contributed by atoms with Gasteiger partial charge in [0.25, 0.3) is 0 Å². The zero-order valence-electron chi connectivity index (χ0n) is 11.1. The van der Waals surface area contributed by atoms with Gasteiger partial charge in [-0.15, -0.1) is 5.10 Å². The molecule has 0 amide bonds. The molecule has 0 aliphatic carbocycles. The first-order valence-corrected chi connectivity index (χ1v) is 7.12. The van der Waals surface area contributed by atoms with E-state index < -0.39 is 0 Å². The highest BCUT2D eigenvalue weighted by atomic mass is 32.2. The smallest absolute Gasteiger partial charge is 0.324 e. The van der Waals surface area contributed by atoms with Crippen molar-refractivity contribution >= 4 is 11.8 Å². The molecule has 3 N–H and O–H groups in total. The molecule has 2 aromatic rings. The van der Waals surface area contributed by atoms with Crippen LogP contribution in [0, 0.1) is 0 Å². The molecule has 1 atom stereocenters. The van der Waals surface area contributed by atoms with E-state index in [0.717, 1.165) is 16.9 Å². The molecule has 0 unspecified atom stereocenters. The maximum atomic E-state index is 11.6. The average Bonchev–Trinajstić information content (AvgIpc) is 2.73. The van der Waals surface area contributed by atoms with Crippen LogP contribution in [0.2, 0.25) is 0 Å². The van der Waals surface area contributed by atoms with Gasteiger partial charge in [0.05, 0.1) is 0 Å². The summed E-state index contributed by atoms with van der Waals surface area (Å²) in [4.78, 5) is 12.6. The fourth-order valence-corrected chi connectivity index (χ4v) is 2.61. The SMILES string of the molecule is CCCn1c(Sc2ccc([C@H](C)N)cc2)n[nH]c1=O. The number of H-pyrrole nitrogens is 1. The van der Waals surface area contributed by atoms with E-state index in [0.29, 0.717) is 11.7 Å². The largest absolute Gasteiger partial charge is 0.343 e. The molecule has 102 valence electrons. The Balaban J connectivity index is 2.19. The first kappa shape index (κ1) is 13.9. The summed E-state index contributed by atoms with van der Waals surface area (Å²) in [5.74, 6) is 0. The lowest BCUT2D eigenvalue weighted by molar-refractivity contribution is 0.604. The zero-order valence-corrected chi connectivity index (χ0v) is 11.9. The number of rotatable bonds is 5. The summed E-state index contributed by atoms with van der Waals surface area (Å²) in [6.45, 7) is 4.66. The Morgan fingerprint density at radius 1 is 1.42 bits per heavy atom. The van der Waals surface area contributed by atoms with E-state index in [1.165, 1.54) is 11.8 Å². The minimum absolute atomic E-state index is 0.0303. The van der Waals surface area contributed by atoms with E-state index in [4.69, 9.17) is 5.73 Å². The predicted octanol–water partition coefficient (Wildman–Crippen LogP) is 2.15. The lowest BCUT2D eigenvalue weighted by Crippen LogP contribution is -2.17. The molecule has 0 aliphatic rings. The summed E-state index contributed by atoms with van der Waals surface area (Å²) in [5.41, 5.74) is 6.75. The average molecular weight is 278 g/mol. The van der Waals surface area contributed by atoms with Crippen molar-refractivity contribution in [2.24, 2.45) is 5.73 Å². The molecule has 0 aliphatic heterocycles. The second-order valence-corrected chi connectivity index (χ2v) is 5.46. The highest BCUT2D eigenvalue weighted by molar-refractivity contribution is 7.99. The summed E-state index contributed by atoms with van der Waals surface area (Å²) < 4.78 is 1.66. The Morgan fingerprint density at radius 2 is 2.11 bits per heavy atom. The van der Waals surface area contributed by atoms with E-state index >= 15 is 0 Å². The van der Waals surface area contributed by atoms with Crippen LogP contribution < -0.4 is 11.4 Å². The van der Waals surface area contributed by atoms with Gasteiger partial charge in [-0.05, 0) is 42.8 Å². The maximum Gasteiger partial charge on any atom is 0.343 e. The van der Waals surface area contributed by atoms with Crippen molar-refractivity contribution in [2.45, 2.75) is 42.9 Å². The first-order chi connectivity index (χ1) is 9.11. The van der Waals surface area contributed by atoms with Gasteiger partial charge in [-0.2, -0.15) is 0 Å². The van der Waals surface area contributed by atoms with Gasteiger partial charge >= 0.3 is 5.69 Å². The second kappa shape index (κ2) is 6.08. The van der Waals surface area contributed by atoms with Gasteiger partial charge in [-0.3, -0.25) is 4.57 Å². The van der Waals surface area contributed by atoms with Gasteiger partial charge in [-0.25, -0.2) is 9.89 Å². The van der Waals surface area contributed by atoms with Gasteiger partial charge < -0.3 is 5.73 Å². The second-order valence-electron chi connectivity index (χ2n) is 4.42. The summed E-state index contributed by atoms with van der Waals surface area (Å²) in [5, 5.41) is 7.23. The number of nitrogens with zero attached hydrogens (tertiary/aromatic N) is 2. The standard InChI is InChI=1S/C13H18N4OS/c1-3-8-17-12(18)15-16-13(17)19-11-6-4-10(5-7-11)9(2)14/h4-7,9H,3,8,14H2,1-2H3,(H,15,18)/t9-/m0/s1. The molecule has 5 nitrogen and oxygen atoms in total. The minimum Gasteiger partial charge on any atom is -0.324 e. The monoisotopic (exact) mass is 278 g/mol. The number of aromatic nitrogens is 3. The van der Waals surface area contributed by atoms with Crippen molar-refractivity contribution in [3.05, 3.63) is 40.3 Å². The molecule has 0 spiro atoms. The van der Waals surface area contributed by atoms with E-state index in [1.54, 1.807) is 4.57 Å². The van der Waals surface area contributed by atoms with Crippen LogP contribution in [0.3, 0.4) is 0 Å². The Kier molecular flexibility index (Phi) is 4.44. The lowest BCUT2D eigenvalue weighted by Gasteiger charge is -2.07. The highest BCUT2D eigenvalue weighted by Gasteiger charge is 2.09. The van der Waals surface area contributed by atoms with Crippen LogP contribution in [0.15, 0.2) is 39.1 Å². The van der Waals surface area contributed by atoms with Crippen LogP contribution in [0.5, 0.6) is 0 Å². The van der Waals surface area contributed by atoms with Crippen LogP contribution in [0.1, 0.15) is 31.9 Å². The van der Waals surface area contributed by atoms with Crippen molar-refractivity contribution in [3.63, 3.8) is 0 Å². The third-order valence-electron chi connectivity index (χ3n) is 2.79. The van der Waals surface area contributed by atoms with E-state index in [2.05, 4.69) is 10.2 Å². The van der Waals surface area contributed by atoms with E-state index in [1.807, 2.05) is 38.1 Å². The van der Waals surface area contributed by atoms with Crippen LogP contribution in [0.25, 0.3) is 0 Å². The van der Waals surface area contributed by atoms with Crippen LogP contribution >= 0.6 is 11.8 Å². The summed E-state index contributed by atoms with van der Waals surface area (Å²) >= 11 is 1.48. The third-order valence-corrected chi connectivity index (χ3v) is 3.79. The number of nitrogens with two attached hydrogens (primary N) is 1. The normalized spacial score (nSPS) is 12.6. The molecule has 0 saturated carbocycles. The molecule has 1 aromatic carbocycles. The van der Waals surface area contributed by atoms with Crippen LogP contribution in [-0.4, -0.2) is 14.8 Å². The molecular weight excluding hydrogens is 260 g/mol. The van der Waals surface area contributed by atoms with Crippen molar-refractivity contribution in [2.75, 3.05) is 0 Å². The summed E-state index contributed by atoms with van der Waals surface area (Å²) in [6.07, 6.45) is 0.899. The first-order valence-electron chi connectivity index (χ1n) is 6.30. The molecule has 2 rings (SSSR count). The minimum atomic E-state index is -0.156. The van der Waals surface area contributed by atoms with Crippen LogP contribution in [0.4, 0.5) is 0 Å². The Morgan fingerprint density at radius 3 is 2.68 bits per heavy atom. The Hall–Kier alpha value is -1.53. The van der Waals surface area contributed by atoms with Gasteiger partial charge in [0, 0.05) is 17.5 Å². The van der Waals surface area contributed by atoms with E-state index in [9.17, 15) is 4.79 Å². The maximum absolute atomic E-state index is 11.6. The van der Waals surface area contributed by atoms with Gasteiger partial charge in [0.1, 0.15) is 0 Å². The molecule has 19 heavy (non-hydrogen) atoms. The fourth-order valence-electron chi connectivity index (χ4n) is 1.75. The summed E-state index contributed by atoms with van der Waals surface area (Å²) in [6, 6.07) is 8.03. The Bertz CT molecular complexity index is 585. The molecule has 0 radical (unpaired) electrons. The Labute approximate surface area is 116 Å². The molecule has 6 heteroatoms. The van der Waals surface area contributed by atoms with Gasteiger partial charge in [0.2, 0.25) is 0 Å². The van der Waals surface area contributed by atoms with Crippen LogP contribution in [-0.2, 0) is 6.54 Å². The molecule has 0 bridgehead atoms. The highest BCUT2D eigenvalue weighted by Crippen LogP contribution is 2.26. The third kappa shape index (κ3) is 3.27. The fraction of sp³-hybridized carbons (Fsp3) is 0.385. The lowest BCUT2D eigenvalue weighted by atomic mass is 10.1. The van der Waals surface area contributed by atoms with Crippen molar-refractivity contribution in [3.8, 4) is 0 Å². The van der Waals surface area contributed by atoms with Crippen molar-refractivity contribution < 1.29 is 0 Å². The van der Waals surface area contributed by atoms with E-state index in [-0.39, 0.29) is 11.7 Å². The quantitative estimate of drug-likeness (QED) is 0.878. The zero-order chi connectivity index (χ0) is 13.8. The predicted molar refractivity (Wildman–Crippen MR) is 76.3 cm³/mol. The van der Waals surface area contributed by atoms with Gasteiger partial charge in [-0.1, -0.05) is 19.1 Å². The summed E-state index contributed by atoms with van der Waals surface area (Å²) in [7, 11) is 0. The molecule has 0 saturated heterocycles. The van der Waals surface area contributed by atoms with Crippen molar-refractivity contribution in [1.82, 2.24) is 14.8 Å². The number of aromatic amines is 1. The molecule has 1 aromatic heterocycles. The number of hydrogen-bond acceptors (Lipinski definition) is 4. The topological polar surface area (TPSA) is 76.7 Å². The number of hydrogen-bond donors (Lipinski definition) is 2. The molecule has 1 heterocycles. The molecular formula is C13H18N4OS. The number of nitrogens with one attached hydrogen (secondary N) is 1. The molecule has 0 fully saturated rings. The number of benzene rings is 1.